The number of carbonyl (C=O) groups is 1. The molecule has 1 aliphatic rings. The molecule has 2 aromatic rings. The molecule has 0 saturated heterocycles. The Morgan fingerprint density at radius 3 is 2.38 bits per heavy atom. The van der Waals surface area contributed by atoms with E-state index >= 15 is 0 Å². The fourth-order valence-electron chi connectivity index (χ4n) is 2.25. The van der Waals surface area contributed by atoms with Crippen molar-refractivity contribution in [2.75, 3.05) is 20.3 Å². The fourth-order valence-corrected chi connectivity index (χ4v) is 2.93. The molecule has 0 fully saturated rings. The molecule has 6 nitrogen and oxygen atoms in total. The lowest BCUT2D eigenvalue weighted by Crippen LogP contribution is -2.08. The van der Waals surface area contributed by atoms with Gasteiger partial charge in [-0.1, -0.05) is 18.2 Å². The molecule has 0 saturated carbocycles. The third-order valence-electron chi connectivity index (χ3n) is 3.48. The van der Waals surface area contributed by atoms with Crippen molar-refractivity contribution in [3.8, 4) is 17.2 Å². The number of amidine groups is 1. The van der Waals surface area contributed by atoms with E-state index in [0.717, 1.165) is 22.8 Å². The molecule has 7 heteroatoms. The van der Waals surface area contributed by atoms with Crippen molar-refractivity contribution < 1.29 is 19.0 Å². The van der Waals surface area contributed by atoms with Crippen molar-refractivity contribution in [2.45, 2.75) is 0 Å². The molecule has 1 heterocycles. The van der Waals surface area contributed by atoms with Crippen LogP contribution in [0.4, 0.5) is 0 Å². The van der Waals surface area contributed by atoms with Crippen LogP contribution in [0.15, 0.2) is 58.4 Å². The standard InChI is InChI=1S/C19H18N2O4S/c1-23-15-3-2-4-16(12-15)25-10-9-24-14-7-5-13(6-8-14)11-17-18(22)21-19(20)26-17/h2-8,11-12H,9-10H2,1H3,(H2,20,21,22)/b17-11+. The van der Waals surface area contributed by atoms with Crippen LogP contribution in [-0.4, -0.2) is 31.4 Å². The van der Waals surface area contributed by atoms with Gasteiger partial charge in [-0.05, 0) is 47.7 Å². The summed E-state index contributed by atoms with van der Waals surface area (Å²) in [6.45, 7) is 0.830. The average Bonchev–Trinajstić information content (AvgIpc) is 2.97. The molecule has 1 aliphatic heterocycles. The Balaban J connectivity index is 1.47. The van der Waals surface area contributed by atoms with Crippen LogP contribution in [0.5, 0.6) is 17.2 Å². The summed E-state index contributed by atoms with van der Waals surface area (Å²) < 4.78 is 16.4. The van der Waals surface area contributed by atoms with E-state index in [9.17, 15) is 4.79 Å². The van der Waals surface area contributed by atoms with E-state index in [1.807, 2.05) is 48.5 Å². The fraction of sp³-hybridized carbons (Fsp3) is 0.158. The van der Waals surface area contributed by atoms with Gasteiger partial charge >= 0.3 is 0 Å². The van der Waals surface area contributed by atoms with Crippen LogP contribution in [0.3, 0.4) is 0 Å². The molecule has 0 unspecified atom stereocenters. The lowest BCUT2D eigenvalue weighted by Gasteiger charge is -2.09. The van der Waals surface area contributed by atoms with Gasteiger partial charge in [-0.2, -0.15) is 4.99 Å². The molecule has 2 aromatic carbocycles. The van der Waals surface area contributed by atoms with Gasteiger partial charge in [0.1, 0.15) is 30.5 Å². The molecule has 0 aliphatic carbocycles. The first-order chi connectivity index (χ1) is 12.6. The minimum Gasteiger partial charge on any atom is -0.497 e. The van der Waals surface area contributed by atoms with E-state index in [-0.39, 0.29) is 11.1 Å². The van der Waals surface area contributed by atoms with Gasteiger partial charge in [-0.15, -0.1) is 0 Å². The van der Waals surface area contributed by atoms with Crippen LogP contribution in [-0.2, 0) is 4.79 Å². The highest BCUT2D eigenvalue weighted by molar-refractivity contribution is 8.18. The predicted octanol–water partition coefficient (Wildman–Crippen LogP) is 3.08. The maximum Gasteiger partial charge on any atom is 0.286 e. The van der Waals surface area contributed by atoms with Gasteiger partial charge in [0.05, 0.1) is 12.0 Å². The van der Waals surface area contributed by atoms with Gasteiger partial charge in [0.25, 0.3) is 5.91 Å². The van der Waals surface area contributed by atoms with E-state index < -0.39 is 0 Å². The Bertz CT molecular complexity index is 847. The van der Waals surface area contributed by atoms with Crippen LogP contribution < -0.4 is 19.9 Å². The summed E-state index contributed by atoms with van der Waals surface area (Å²) in [6.07, 6.45) is 1.76. The normalized spacial score (nSPS) is 15.0. The first-order valence-corrected chi connectivity index (χ1v) is 8.73. The number of methoxy groups -OCH3 is 1. The maximum absolute atomic E-state index is 11.6. The third-order valence-corrected chi connectivity index (χ3v) is 4.29. The van der Waals surface area contributed by atoms with E-state index in [1.165, 1.54) is 11.8 Å². The molecular weight excluding hydrogens is 352 g/mol. The summed E-state index contributed by atoms with van der Waals surface area (Å²) >= 11 is 1.17. The third kappa shape index (κ3) is 4.80. The summed E-state index contributed by atoms with van der Waals surface area (Å²) in [7, 11) is 1.62. The Morgan fingerprint density at radius 2 is 1.73 bits per heavy atom. The van der Waals surface area contributed by atoms with Crippen molar-refractivity contribution in [3.63, 3.8) is 0 Å². The number of ether oxygens (including phenoxy) is 3. The predicted molar refractivity (Wildman–Crippen MR) is 103 cm³/mol. The van der Waals surface area contributed by atoms with Crippen LogP contribution in [0.2, 0.25) is 0 Å². The molecule has 0 spiro atoms. The van der Waals surface area contributed by atoms with Crippen LogP contribution >= 0.6 is 11.8 Å². The first kappa shape index (κ1) is 17.9. The zero-order chi connectivity index (χ0) is 18.4. The lowest BCUT2D eigenvalue weighted by atomic mass is 10.2. The molecule has 0 aromatic heterocycles. The SMILES string of the molecule is COc1cccc(OCCOc2ccc(/C=C3/SC(N)=NC3=O)cc2)c1. The topological polar surface area (TPSA) is 83.1 Å². The molecule has 0 atom stereocenters. The second-order valence-corrected chi connectivity index (χ2v) is 6.37. The van der Waals surface area contributed by atoms with E-state index in [0.29, 0.717) is 18.1 Å². The van der Waals surface area contributed by atoms with Gasteiger partial charge in [0, 0.05) is 6.07 Å². The van der Waals surface area contributed by atoms with E-state index in [1.54, 1.807) is 13.2 Å². The van der Waals surface area contributed by atoms with Gasteiger partial charge in [0.15, 0.2) is 5.17 Å². The quantitative estimate of drug-likeness (QED) is 0.596. The summed E-state index contributed by atoms with van der Waals surface area (Å²) in [4.78, 5) is 15.8. The van der Waals surface area contributed by atoms with Crippen molar-refractivity contribution in [1.82, 2.24) is 0 Å². The smallest absolute Gasteiger partial charge is 0.286 e. The number of benzene rings is 2. The molecule has 0 radical (unpaired) electrons. The number of hydrogen-bond acceptors (Lipinski definition) is 6. The summed E-state index contributed by atoms with van der Waals surface area (Å²) in [5.41, 5.74) is 6.41. The summed E-state index contributed by atoms with van der Waals surface area (Å²) in [5.74, 6) is 1.90. The number of amides is 1. The number of thioether (sulfide) groups is 1. The average molecular weight is 370 g/mol. The summed E-state index contributed by atoms with van der Waals surface area (Å²) in [6, 6.07) is 14.8. The number of rotatable bonds is 7. The first-order valence-electron chi connectivity index (χ1n) is 7.92. The Morgan fingerprint density at radius 1 is 1.04 bits per heavy atom. The highest BCUT2D eigenvalue weighted by atomic mass is 32.2. The Hall–Kier alpha value is -2.93. The molecule has 3 rings (SSSR count). The largest absolute Gasteiger partial charge is 0.497 e. The minimum atomic E-state index is -0.303. The number of aliphatic imine (C=N–C) groups is 1. The van der Waals surface area contributed by atoms with Crippen LogP contribution in [0, 0.1) is 0 Å². The van der Waals surface area contributed by atoms with Gasteiger partial charge in [-0.3, -0.25) is 4.79 Å². The van der Waals surface area contributed by atoms with Crippen molar-refractivity contribution in [3.05, 3.63) is 59.0 Å². The number of nitrogens with zero attached hydrogens (tertiary/aromatic N) is 1. The van der Waals surface area contributed by atoms with Crippen LogP contribution in [0.25, 0.3) is 6.08 Å². The van der Waals surface area contributed by atoms with Crippen molar-refractivity contribution in [1.29, 1.82) is 0 Å². The van der Waals surface area contributed by atoms with Gasteiger partial charge in [0.2, 0.25) is 0 Å². The van der Waals surface area contributed by atoms with Gasteiger partial charge in [-0.25, -0.2) is 0 Å². The van der Waals surface area contributed by atoms with Crippen molar-refractivity contribution >= 4 is 28.9 Å². The van der Waals surface area contributed by atoms with Crippen molar-refractivity contribution in [2.24, 2.45) is 10.7 Å². The molecule has 0 bridgehead atoms. The summed E-state index contributed by atoms with van der Waals surface area (Å²) in [5, 5.41) is 0.275. The maximum atomic E-state index is 11.6. The molecule has 134 valence electrons. The Labute approximate surface area is 155 Å². The zero-order valence-electron chi connectivity index (χ0n) is 14.2. The molecule has 26 heavy (non-hydrogen) atoms. The number of nitrogens with two attached hydrogens (primary N) is 1. The zero-order valence-corrected chi connectivity index (χ0v) is 15.0. The van der Waals surface area contributed by atoms with E-state index in [2.05, 4.69) is 4.99 Å². The molecule has 1 amide bonds. The lowest BCUT2D eigenvalue weighted by molar-refractivity contribution is -0.113. The monoisotopic (exact) mass is 370 g/mol. The van der Waals surface area contributed by atoms with E-state index in [4.69, 9.17) is 19.9 Å². The minimum absolute atomic E-state index is 0.275. The molecule has 2 N–H and O–H groups in total. The molecular formula is C19H18N2O4S. The second kappa shape index (κ2) is 8.44. The Kier molecular flexibility index (Phi) is 5.80. The number of hydrogen-bond donors (Lipinski definition) is 1. The highest BCUT2D eigenvalue weighted by Crippen LogP contribution is 2.27. The highest BCUT2D eigenvalue weighted by Gasteiger charge is 2.19. The van der Waals surface area contributed by atoms with Gasteiger partial charge < -0.3 is 19.9 Å². The second-order valence-electron chi connectivity index (χ2n) is 5.31. The van der Waals surface area contributed by atoms with Crippen LogP contribution in [0.1, 0.15) is 5.56 Å². The number of carbonyl (C=O) groups excluding carboxylic acids is 1.